The van der Waals surface area contributed by atoms with Crippen molar-refractivity contribution in [1.29, 1.82) is 0 Å². The van der Waals surface area contributed by atoms with Gasteiger partial charge >= 0.3 is 5.97 Å². The number of nitrogens with zero attached hydrogens (tertiary/aromatic N) is 2. The molecule has 1 heterocycles. The van der Waals surface area contributed by atoms with Gasteiger partial charge in [-0.05, 0) is 18.6 Å². The minimum absolute atomic E-state index is 0.141. The van der Waals surface area contributed by atoms with E-state index in [4.69, 9.17) is 10.8 Å². The van der Waals surface area contributed by atoms with Crippen LogP contribution >= 0.6 is 0 Å². The quantitative estimate of drug-likeness (QED) is 0.845. The summed E-state index contributed by atoms with van der Waals surface area (Å²) in [5.41, 5.74) is 5.79. The topological polar surface area (TPSA) is 89.1 Å². The Morgan fingerprint density at radius 2 is 2.17 bits per heavy atom. The summed E-state index contributed by atoms with van der Waals surface area (Å²) in [5, 5.41) is 8.88. The molecule has 0 fully saturated rings. The lowest BCUT2D eigenvalue weighted by Gasteiger charge is -2.06. The van der Waals surface area contributed by atoms with E-state index in [1.807, 2.05) is 0 Å². The Morgan fingerprint density at radius 1 is 1.44 bits per heavy atom. The Hall–Kier alpha value is -2.50. The van der Waals surface area contributed by atoms with Crippen LogP contribution < -0.4 is 5.73 Å². The monoisotopic (exact) mass is 247 g/mol. The van der Waals surface area contributed by atoms with E-state index in [9.17, 15) is 9.18 Å². The molecule has 18 heavy (non-hydrogen) atoms. The fourth-order valence-electron chi connectivity index (χ4n) is 1.53. The van der Waals surface area contributed by atoms with Gasteiger partial charge in [-0.15, -0.1) is 0 Å². The molecule has 2 aromatic rings. The lowest BCUT2D eigenvalue weighted by atomic mass is 10.1. The molecule has 92 valence electrons. The molecular formula is C12H10FN3O2. The van der Waals surface area contributed by atoms with Crippen LogP contribution in [0.25, 0.3) is 11.3 Å². The third-order valence-corrected chi connectivity index (χ3v) is 2.47. The summed E-state index contributed by atoms with van der Waals surface area (Å²) < 4.78 is 13.9. The van der Waals surface area contributed by atoms with Gasteiger partial charge in [0.1, 0.15) is 5.82 Å². The number of benzene rings is 1. The number of aromatic carboxylic acids is 1. The fraction of sp³-hybridized carbons (Fsp3) is 0.0833. The first-order valence-electron chi connectivity index (χ1n) is 5.12. The number of hydrogen-bond acceptors (Lipinski definition) is 4. The molecule has 1 aromatic heterocycles. The molecule has 0 amide bonds. The Kier molecular flexibility index (Phi) is 2.93. The maximum atomic E-state index is 13.9. The SMILES string of the molecule is Cc1cccc(-c2cnc(N)c(C(=O)O)n2)c1F. The van der Waals surface area contributed by atoms with Crippen molar-refractivity contribution in [2.24, 2.45) is 0 Å². The molecule has 5 nitrogen and oxygen atoms in total. The van der Waals surface area contributed by atoms with Crippen molar-refractivity contribution < 1.29 is 14.3 Å². The first-order valence-corrected chi connectivity index (χ1v) is 5.12. The Morgan fingerprint density at radius 3 is 2.83 bits per heavy atom. The fourth-order valence-corrected chi connectivity index (χ4v) is 1.53. The number of carboxylic acids is 1. The van der Waals surface area contributed by atoms with Crippen LogP contribution in [-0.2, 0) is 0 Å². The van der Waals surface area contributed by atoms with Crippen LogP contribution in [-0.4, -0.2) is 21.0 Å². The molecule has 0 atom stereocenters. The van der Waals surface area contributed by atoms with Crippen LogP contribution in [0.15, 0.2) is 24.4 Å². The predicted molar refractivity (Wildman–Crippen MR) is 63.5 cm³/mol. The lowest BCUT2D eigenvalue weighted by Crippen LogP contribution is -2.08. The number of rotatable bonds is 2. The van der Waals surface area contributed by atoms with Crippen LogP contribution in [0.4, 0.5) is 10.2 Å². The number of nitrogen functional groups attached to an aromatic ring is 1. The highest BCUT2D eigenvalue weighted by atomic mass is 19.1. The van der Waals surface area contributed by atoms with Gasteiger partial charge in [0, 0.05) is 5.56 Å². The van der Waals surface area contributed by atoms with Gasteiger partial charge in [0.15, 0.2) is 11.5 Å². The Balaban J connectivity index is 2.62. The van der Waals surface area contributed by atoms with Crippen LogP contribution in [0.2, 0.25) is 0 Å². The van der Waals surface area contributed by atoms with Crippen LogP contribution in [0.1, 0.15) is 16.1 Å². The highest BCUT2D eigenvalue weighted by Gasteiger charge is 2.15. The number of anilines is 1. The number of nitrogens with two attached hydrogens (primary N) is 1. The average molecular weight is 247 g/mol. The molecule has 6 heteroatoms. The van der Waals surface area contributed by atoms with Crippen molar-refractivity contribution in [3.63, 3.8) is 0 Å². The summed E-state index contributed by atoms with van der Waals surface area (Å²) in [7, 11) is 0. The zero-order valence-corrected chi connectivity index (χ0v) is 9.51. The third kappa shape index (κ3) is 2.00. The van der Waals surface area contributed by atoms with E-state index >= 15 is 0 Å². The van der Waals surface area contributed by atoms with Gasteiger partial charge in [0.05, 0.1) is 11.9 Å². The van der Waals surface area contributed by atoms with Gasteiger partial charge in [-0.25, -0.2) is 19.2 Å². The molecule has 0 spiro atoms. The van der Waals surface area contributed by atoms with E-state index in [-0.39, 0.29) is 22.8 Å². The van der Waals surface area contributed by atoms with Crippen molar-refractivity contribution in [2.45, 2.75) is 6.92 Å². The largest absolute Gasteiger partial charge is 0.476 e. The predicted octanol–water partition coefficient (Wildman–Crippen LogP) is 1.87. The van der Waals surface area contributed by atoms with E-state index in [1.54, 1.807) is 19.1 Å². The summed E-state index contributed by atoms with van der Waals surface area (Å²) in [6.45, 7) is 1.61. The van der Waals surface area contributed by atoms with Gasteiger partial charge in [-0.1, -0.05) is 12.1 Å². The number of carboxylic acid groups (broad SMARTS) is 1. The standard InChI is InChI=1S/C12H10FN3O2/c1-6-3-2-4-7(9(6)13)8-5-15-11(14)10(16-8)12(17)18/h2-5H,1H3,(H2,14,15)(H,17,18). The van der Waals surface area contributed by atoms with Gasteiger partial charge in [-0.3, -0.25) is 0 Å². The second kappa shape index (κ2) is 4.40. The molecule has 3 N–H and O–H groups in total. The van der Waals surface area contributed by atoms with E-state index in [1.165, 1.54) is 12.3 Å². The normalized spacial score (nSPS) is 10.3. The molecule has 2 rings (SSSR count). The first-order chi connectivity index (χ1) is 8.50. The maximum Gasteiger partial charge on any atom is 0.358 e. The van der Waals surface area contributed by atoms with E-state index in [0.717, 1.165) is 0 Å². The molecule has 0 unspecified atom stereocenters. The summed E-state index contributed by atoms with van der Waals surface area (Å²) in [6.07, 6.45) is 1.25. The highest BCUT2D eigenvalue weighted by molar-refractivity contribution is 5.90. The minimum atomic E-state index is -1.30. The van der Waals surface area contributed by atoms with Gasteiger partial charge in [0.25, 0.3) is 0 Å². The van der Waals surface area contributed by atoms with Crippen LogP contribution in [0.5, 0.6) is 0 Å². The minimum Gasteiger partial charge on any atom is -0.476 e. The molecule has 0 aliphatic rings. The van der Waals surface area contributed by atoms with Gasteiger partial charge in [-0.2, -0.15) is 0 Å². The Bertz CT molecular complexity index is 629. The van der Waals surface area contributed by atoms with Gasteiger partial charge in [0.2, 0.25) is 0 Å². The number of hydrogen-bond donors (Lipinski definition) is 2. The van der Waals surface area contributed by atoms with Crippen molar-refractivity contribution in [2.75, 3.05) is 5.73 Å². The number of carbonyl (C=O) groups is 1. The summed E-state index contributed by atoms with van der Waals surface area (Å²) in [5.74, 6) is -1.94. The molecule has 1 aromatic carbocycles. The highest BCUT2D eigenvalue weighted by Crippen LogP contribution is 2.23. The number of aromatic nitrogens is 2. The van der Waals surface area contributed by atoms with E-state index in [0.29, 0.717) is 5.56 Å². The van der Waals surface area contributed by atoms with E-state index in [2.05, 4.69) is 9.97 Å². The molecule has 0 bridgehead atoms. The molecule has 0 aliphatic carbocycles. The third-order valence-electron chi connectivity index (χ3n) is 2.47. The maximum absolute atomic E-state index is 13.9. The van der Waals surface area contributed by atoms with Gasteiger partial charge < -0.3 is 10.8 Å². The van der Waals surface area contributed by atoms with Crippen molar-refractivity contribution >= 4 is 11.8 Å². The summed E-state index contributed by atoms with van der Waals surface area (Å²) in [6, 6.07) is 4.78. The first kappa shape index (κ1) is 12.0. The molecule has 0 aliphatic heterocycles. The average Bonchev–Trinajstić information content (AvgIpc) is 2.33. The second-order valence-corrected chi connectivity index (χ2v) is 3.73. The molecule has 0 saturated carbocycles. The van der Waals surface area contributed by atoms with Crippen molar-refractivity contribution in [3.8, 4) is 11.3 Å². The smallest absolute Gasteiger partial charge is 0.358 e. The molecular weight excluding hydrogens is 237 g/mol. The summed E-state index contributed by atoms with van der Waals surface area (Å²) >= 11 is 0. The van der Waals surface area contributed by atoms with E-state index < -0.39 is 11.8 Å². The van der Waals surface area contributed by atoms with Crippen molar-refractivity contribution in [3.05, 3.63) is 41.5 Å². The second-order valence-electron chi connectivity index (χ2n) is 3.73. The van der Waals surface area contributed by atoms with Crippen molar-refractivity contribution in [1.82, 2.24) is 9.97 Å². The molecule has 0 radical (unpaired) electrons. The summed E-state index contributed by atoms with van der Waals surface area (Å²) in [4.78, 5) is 18.4. The zero-order valence-electron chi connectivity index (χ0n) is 9.51. The van der Waals surface area contributed by atoms with Crippen LogP contribution in [0, 0.1) is 12.7 Å². The Labute approximate surface area is 102 Å². The number of halogens is 1. The zero-order chi connectivity index (χ0) is 13.3. The van der Waals surface area contributed by atoms with Crippen LogP contribution in [0.3, 0.4) is 0 Å². The molecule has 0 saturated heterocycles. The lowest BCUT2D eigenvalue weighted by molar-refractivity contribution is 0.0691. The number of aryl methyl sites for hydroxylation is 1.